The molecule has 1 saturated carbocycles. The van der Waals surface area contributed by atoms with Gasteiger partial charge in [-0.1, -0.05) is 23.7 Å². The van der Waals surface area contributed by atoms with Crippen LogP contribution in [0, 0.1) is 0 Å². The highest BCUT2D eigenvalue weighted by atomic mass is 35.5. The number of hydrogen-bond donors (Lipinski definition) is 2. The van der Waals surface area contributed by atoms with Gasteiger partial charge >= 0.3 is 6.03 Å². The van der Waals surface area contributed by atoms with Crippen LogP contribution in [0.3, 0.4) is 0 Å². The second-order valence-electron chi connectivity index (χ2n) is 8.39. The van der Waals surface area contributed by atoms with Crippen molar-refractivity contribution in [3.8, 4) is 0 Å². The van der Waals surface area contributed by atoms with Gasteiger partial charge in [-0.2, -0.15) is 4.98 Å². The summed E-state index contributed by atoms with van der Waals surface area (Å²) in [5.41, 5.74) is 1.29. The van der Waals surface area contributed by atoms with Gasteiger partial charge in [-0.05, 0) is 37.8 Å². The molecule has 0 spiro atoms. The number of aromatic nitrogens is 2. The number of amides is 3. The summed E-state index contributed by atoms with van der Waals surface area (Å²) in [5, 5.41) is 13.5. The van der Waals surface area contributed by atoms with Crippen molar-refractivity contribution in [2.24, 2.45) is 0 Å². The van der Waals surface area contributed by atoms with Crippen LogP contribution in [-0.2, 0) is 11.3 Å². The van der Waals surface area contributed by atoms with Gasteiger partial charge in [-0.25, -0.2) is 9.78 Å². The van der Waals surface area contributed by atoms with Gasteiger partial charge in [-0.15, -0.1) is 0 Å². The summed E-state index contributed by atoms with van der Waals surface area (Å²) in [5.74, 6) is 0.605. The molecule has 1 aliphatic heterocycles. The van der Waals surface area contributed by atoms with Crippen molar-refractivity contribution in [1.82, 2.24) is 14.9 Å². The topological polar surface area (TPSA) is 102 Å². The first-order chi connectivity index (χ1) is 15.3. The number of aliphatic hydroxyl groups excluding tert-OH is 1. The Morgan fingerprint density at radius 1 is 1.25 bits per heavy atom. The number of carbonyl (C=O) groups excluding carboxylic acids is 2. The Labute approximate surface area is 192 Å². The van der Waals surface area contributed by atoms with Gasteiger partial charge in [0.2, 0.25) is 11.9 Å². The normalized spacial score (nSPS) is 20.7. The lowest BCUT2D eigenvalue weighted by molar-refractivity contribution is -0.127. The lowest BCUT2D eigenvalue weighted by Gasteiger charge is -2.36. The van der Waals surface area contributed by atoms with Crippen LogP contribution in [0.15, 0.2) is 30.5 Å². The third-order valence-corrected chi connectivity index (χ3v) is 6.17. The summed E-state index contributed by atoms with van der Waals surface area (Å²) < 4.78 is 0. The fourth-order valence-electron chi connectivity index (χ4n) is 3.97. The molecule has 2 N–H and O–H groups in total. The second-order valence-corrected chi connectivity index (χ2v) is 8.79. The molecule has 32 heavy (non-hydrogen) atoms. The largest absolute Gasteiger partial charge is 0.393 e. The number of anilines is 3. The molecule has 170 valence electrons. The van der Waals surface area contributed by atoms with Crippen LogP contribution in [0.1, 0.15) is 31.2 Å². The van der Waals surface area contributed by atoms with E-state index in [9.17, 15) is 14.7 Å². The number of rotatable bonds is 5. The van der Waals surface area contributed by atoms with Gasteiger partial charge < -0.3 is 15.3 Å². The Kier molecular flexibility index (Phi) is 6.48. The average molecular weight is 459 g/mol. The number of likely N-dealkylation sites (N-methyl/N-ethyl adjacent to an activating group) is 1. The Morgan fingerprint density at radius 2 is 1.97 bits per heavy atom. The van der Waals surface area contributed by atoms with Crippen molar-refractivity contribution in [1.29, 1.82) is 0 Å². The smallest absolute Gasteiger partial charge is 0.331 e. The van der Waals surface area contributed by atoms with Gasteiger partial charge in [0.05, 0.1) is 23.4 Å². The van der Waals surface area contributed by atoms with E-state index in [2.05, 4.69) is 15.3 Å². The number of nitrogens with zero attached hydrogens (tertiary/aromatic N) is 5. The molecule has 2 heterocycles. The molecule has 0 unspecified atom stereocenters. The maximum Gasteiger partial charge on any atom is 0.331 e. The van der Waals surface area contributed by atoms with E-state index in [1.54, 1.807) is 38.5 Å². The van der Waals surface area contributed by atoms with Gasteiger partial charge in [0.1, 0.15) is 12.4 Å². The van der Waals surface area contributed by atoms with Gasteiger partial charge in [0.15, 0.2) is 0 Å². The Balaban J connectivity index is 1.65. The highest BCUT2D eigenvalue weighted by Gasteiger charge is 2.35. The average Bonchev–Trinajstić information content (AvgIpc) is 2.77. The molecule has 2 aliphatic rings. The van der Waals surface area contributed by atoms with Crippen LogP contribution in [-0.4, -0.2) is 64.7 Å². The zero-order valence-electron chi connectivity index (χ0n) is 18.2. The number of para-hydroxylation sites is 1. The van der Waals surface area contributed by atoms with Crippen molar-refractivity contribution in [2.45, 2.75) is 44.4 Å². The summed E-state index contributed by atoms with van der Waals surface area (Å²) in [6, 6.07) is 6.89. The first kappa shape index (κ1) is 22.3. The SMILES string of the molecule is CN(C)C(=O)CN1C(=O)N(c2ccccc2Cl)Cc2cnc(N[C@H]3CC[C@H](O)CC3)nc21. The molecule has 3 amide bonds. The van der Waals surface area contributed by atoms with Crippen molar-refractivity contribution in [2.75, 3.05) is 35.8 Å². The Hall–Kier alpha value is -2.91. The van der Waals surface area contributed by atoms with Gasteiger partial charge in [0.25, 0.3) is 0 Å². The molecule has 2 aromatic rings. The summed E-state index contributed by atoms with van der Waals surface area (Å²) in [6.45, 7) is 0.103. The van der Waals surface area contributed by atoms with E-state index in [-0.39, 0.29) is 37.2 Å². The van der Waals surface area contributed by atoms with E-state index < -0.39 is 0 Å². The molecule has 0 radical (unpaired) electrons. The molecule has 1 aromatic heterocycles. The van der Waals surface area contributed by atoms with Crippen molar-refractivity contribution < 1.29 is 14.7 Å². The van der Waals surface area contributed by atoms with E-state index >= 15 is 0 Å². The molecule has 1 aromatic carbocycles. The molecule has 0 bridgehead atoms. The number of benzene rings is 1. The summed E-state index contributed by atoms with van der Waals surface area (Å²) in [4.78, 5) is 39.4. The third-order valence-electron chi connectivity index (χ3n) is 5.85. The van der Waals surface area contributed by atoms with Crippen LogP contribution < -0.4 is 15.1 Å². The monoisotopic (exact) mass is 458 g/mol. The van der Waals surface area contributed by atoms with Crippen LogP contribution in [0.4, 0.5) is 22.2 Å². The van der Waals surface area contributed by atoms with Gasteiger partial charge in [-0.3, -0.25) is 14.6 Å². The number of carbonyl (C=O) groups is 2. The first-order valence-corrected chi connectivity index (χ1v) is 11.1. The molecule has 4 rings (SSSR count). The van der Waals surface area contributed by atoms with Crippen molar-refractivity contribution in [3.05, 3.63) is 41.0 Å². The summed E-state index contributed by atoms with van der Waals surface area (Å²) >= 11 is 6.35. The lowest BCUT2D eigenvalue weighted by Crippen LogP contribution is -2.51. The second kappa shape index (κ2) is 9.30. The van der Waals surface area contributed by atoms with Gasteiger partial charge in [0, 0.05) is 31.9 Å². The fraction of sp³-hybridized carbons (Fsp3) is 0.455. The number of nitrogens with one attached hydrogen (secondary N) is 1. The maximum atomic E-state index is 13.5. The van der Waals surface area contributed by atoms with E-state index in [0.717, 1.165) is 31.2 Å². The zero-order valence-corrected chi connectivity index (χ0v) is 18.9. The van der Waals surface area contributed by atoms with E-state index in [1.807, 2.05) is 6.07 Å². The first-order valence-electron chi connectivity index (χ1n) is 10.7. The van der Waals surface area contributed by atoms with Crippen LogP contribution >= 0.6 is 11.6 Å². The Bertz CT molecular complexity index is 1010. The molecular formula is C22H27ClN6O3. The lowest BCUT2D eigenvalue weighted by atomic mass is 9.93. The number of hydrogen-bond acceptors (Lipinski definition) is 6. The third kappa shape index (κ3) is 4.63. The van der Waals surface area contributed by atoms with Crippen LogP contribution in [0.25, 0.3) is 0 Å². The molecule has 9 nitrogen and oxygen atoms in total. The standard InChI is InChI=1S/C22H27ClN6O3/c1-27(2)19(31)13-29-20-14(12-28(22(29)32)18-6-4-3-5-17(18)23)11-24-21(26-20)25-15-7-9-16(30)10-8-15/h3-6,11,15-16,30H,7-10,12-13H2,1-2H3,(H,24,25,26)/t15-,16-. The molecule has 0 atom stereocenters. The molecular weight excluding hydrogens is 432 g/mol. The minimum Gasteiger partial charge on any atom is -0.393 e. The minimum absolute atomic E-state index is 0.147. The predicted molar refractivity (Wildman–Crippen MR) is 123 cm³/mol. The molecule has 10 heteroatoms. The zero-order chi connectivity index (χ0) is 22.8. The van der Waals surface area contributed by atoms with Crippen LogP contribution in [0.5, 0.6) is 0 Å². The summed E-state index contributed by atoms with van der Waals surface area (Å²) in [7, 11) is 3.29. The minimum atomic E-state index is -0.369. The predicted octanol–water partition coefficient (Wildman–Crippen LogP) is 2.88. The Morgan fingerprint density at radius 3 is 2.66 bits per heavy atom. The number of halogens is 1. The summed E-state index contributed by atoms with van der Waals surface area (Å²) in [6.07, 6.45) is 4.55. The highest BCUT2D eigenvalue weighted by molar-refractivity contribution is 6.34. The molecule has 1 aliphatic carbocycles. The van der Waals surface area contributed by atoms with Crippen molar-refractivity contribution in [3.63, 3.8) is 0 Å². The molecule has 1 fully saturated rings. The number of urea groups is 1. The van der Waals surface area contributed by atoms with Crippen molar-refractivity contribution >= 4 is 41.0 Å². The number of aliphatic hydroxyl groups is 1. The number of fused-ring (bicyclic) bond motifs is 1. The molecule has 0 saturated heterocycles. The fourth-order valence-corrected chi connectivity index (χ4v) is 4.21. The van der Waals surface area contributed by atoms with E-state index in [0.29, 0.717) is 22.5 Å². The van der Waals surface area contributed by atoms with E-state index in [1.165, 1.54) is 14.7 Å². The quantitative estimate of drug-likeness (QED) is 0.714. The van der Waals surface area contributed by atoms with Crippen LogP contribution in [0.2, 0.25) is 5.02 Å². The van der Waals surface area contributed by atoms with E-state index in [4.69, 9.17) is 11.6 Å². The highest BCUT2D eigenvalue weighted by Crippen LogP contribution is 2.34. The maximum absolute atomic E-state index is 13.5.